The van der Waals surface area contributed by atoms with Gasteiger partial charge in [0, 0.05) is 31.1 Å². The van der Waals surface area contributed by atoms with Gasteiger partial charge in [-0.05, 0) is 30.9 Å². The maximum Gasteiger partial charge on any atom is 0.191 e. The molecule has 26 heavy (non-hydrogen) atoms. The third-order valence-corrected chi connectivity index (χ3v) is 4.43. The largest absolute Gasteiger partial charge is 0.493 e. The molecule has 0 unspecified atom stereocenters. The van der Waals surface area contributed by atoms with Crippen molar-refractivity contribution in [3.8, 4) is 5.75 Å². The van der Waals surface area contributed by atoms with Crippen molar-refractivity contribution in [1.29, 1.82) is 0 Å². The number of hydrogen-bond donors (Lipinski definition) is 2. The summed E-state index contributed by atoms with van der Waals surface area (Å²) in [6, 6.07) is 6.36. The average Bonchev–Trinajstić information content (AvgIpc) is 2.54. The molecule has 1 heterocycles. The summed E-state index contributed by atoms with van der Waals surface area (Å²) >= 11 is 0. The normalized spacial score (nSPS) is 15.8. The van der Waals surface area contributed by atoms with E-state index < -0.39 is 0 Å². The van der Waals surface area contributed by atoms with Crippen molar-refractivity contribution in [3.05, 3.63) is 29.3 Å². The van der Waals surface area contributed by atoms with E-state index in [9.17, 15) is 0 Å². The molecule has 6 heteroatoms. The van der Waals surface area contributed by atoms with E-state index in [2.05, 4.69) is 61.5 Å². The number of ether oxygens (including phenoxy) is 2. The summed E-state index contributed by atoms with van der Waals surface area (Å²) in [7, 11) is 1.80. The Morgan fingerprint density at radius 2 is 2.04 bits per heavy atom. The second-order valence-electron chi connectivity index (χ2n) is 7.72. The number of hydrogen-bond acceptors (Lipinski definition) is 3. The predicted octanol–water partition coefficient (Wildman–Crippen LogP) is 3.74. The van der Waals surface area contributed by atoms with Gasteiger partial charge in [-0.1, -0.05) is 32.9 Å². The van der Waals surface area contributed by atoms with E-state index in [1.54, 1.807) is 7.05 Å². The summed E-state index contributed by atoms with van der Waals surface area (Å²) in [6.07, 6.45) is 1.06. The van der Waals surface area contributed by atoms with Gasteiger partial charge in [0.25, 0.3) is 0 Å². The van der Waals surface area contributed by atoms with Crippen LogP contribution in [0.5, 0.6) is 5.75 Å². The van der Waals surface area contributed by atoms with Crippen LogP contribution in [-0.2, 0) is 11.3 Å². The number of halogens is 1. The Morgan fingerprint density at radius 3 is 2.62 bits per heavy atom. The van der Waals surface area contributed by atoms with Gasteiger partial charge in [0.15, 0.2) is 5.96 Å². The third kappa shape index (κ3) is 7.31. The van der Waals surface area contributed by atoms with Gasteiger partial charge in [0.2, 0.25) is 0 Å². The van der Waals surface area contributed by atoms with Crippen LogP contribution < -0.4 is 15.4 Å². The first-order chi connectivity index (χ1) is 11.9. The van der Waals surface area contributed by atoms with Crippen LogP contribution in [0.4, 0.5) is 0 Å². The van der Waals surface area contributed by atoms with E-state index in [0.29, 0.717) is 12.5 Å². The van der Waals surface area contributed by atoms with Gasteiger partial charge in [-0.15, -0.1) is 24.0 Å². The lowest BCUT2D eigenvalue weighted by Crippen LogP contribution is -2.50. The molecule has 1 aromatic carbocycles. The molecule has 2 rings (SSSR count). The zero-order valence-electron chi connectivity index (χ0n) is 16.7. The molecule has 0 aromatic heterocycles. The molecule has 0 bridgehead atoms. The van der Waals surface area contributed by atoms with Gasteiger partial charge in [-0.2, -0.15) is 0 Å². The Kier molecular flexibility index (Phi) is 9.71. The Balaban J connectivity index is 0.00000338. The molecule has 148 valence electrons. The molecule has 0 atom stereocenters. The van der Waals surface area contributed by atoms with E-state index in [1.807, 2.05) is 0 Å². The fourth-order valence-corrected chi connectivity index (χ4v) is 2.60. The number of nitrogens with one attached hydrogen (secondary N) is 2. The van der Waals surface area contributed by atoms with E-state index >= 15 is 0 Å². The molecular weight excluding hydrogens is 441 g/mol. The minimum atomic E-state index is 0. The smallest absolute Gasteiger partial charge is 0.191 e. The lowest BCUT2D eigenvalue weighted by atomic mass is 9.89. The summed E-state index contributed by atoms with van der Waals surface area (Å²) in [5.41, 5.74) is 2.58. The third-order valence-electron chi connectivity index (χ3n) is 4.43. The van der Waals surface area contributed by atoms with Crippen molar-refractivity contribution in [2.24, 2.45) is 16.3 Å². The number of guanidine groups is 1. The summed E-state index contributed by atoms with van der Waals surface area (Å²) < 4.78 is 11.3. The molecule has 1 fully saturated rings. The first kappa shape index (κ1) is 23.0. The van der Waals surface area contributed by atoms with Crippen molar-refractivity contribution < 1.29 is 9.47 Å². The zero-order valence-corrected chi connectivity index (χ0v) is 19.1. The Bertz CT molecular complexity index is 586. The monoisotopic (exact) mass is 475 g/mol. The van der Waals surface area contributed by atoms with Crippen LogP contribution in [0.3, 0.4) is 0 Å². The highest BCUT2D eigenvalue weighted by atomic mass is 127. The fourth-order valence-electron chi connectivity index (χ4n) is 2.60. The van der Waals surface area contributed by atoms with Crippen molar-refractivity contribution in [2.45, 2.75) is 40.7 Å². The SMILES string of the molecule is CN=C(NCc1ccc(C)cc1OCCC(C)C)NCC1(C)COC1.I. The predicted molar refractivity (Wildman–Crippen MR) is 119 cm³/mol. The summed E-state index contributed by atoms with van der Waals surface area (Å²) in [4.78, 5) is 4.31. The molecule has 0 aliphatic carbocycles. The van der Waals surface area contributed by atoms with Crippen LogP contribution in [0, 0.1) is 18.3 Å². The van der Waals surface area contributed by atoms with Crippen molar-refractivity contribution in [3.63, 3.8) is 0 Å². The topological polar surface area (TPSA) is 54.9 Å². The number of aliphatic imine (C=N–C) groups is 1. The molecule has 5 nitrogen and oxygen atoms in total. The van der Waals surface area contributed by atoms with Crippen LogP contribution in [0.1, 0.15) is 38.3 Å². The molecule has 2 N–H and O–H groups in total. The van der Waals surface area contributed by atoms with Crippen molar-refractivity contribution in [2.75, 3.05) is 33.4 Å². The van der Waals surface area contributed by atoms with Gasteiger partial charge in [-0.3, -0.25) is 4.99 Å². The van der Waals surface area contributed by atoms with Crippen molar-refractivity contribution in [1.82, 2.24) is 10.6 Å². The van der Waals surface area contributed by atoms with Crippen LogP contribution >= 0.6 is 24.0 Å². The van der Waals surface area contributed by atoms with Gasteiger partial charge in [-0.25, -0.2) is 0 Å². The lowest BCUT2D eigenvalue weighted by molar-refractivity contribution is -0.0971. The second kappa shape index (κ2) is 11.0. The number of aryl methyl sites for hydroxylation is 1. The van der Waals surface area contributed by atoms with E-state index in [-0.39, 0.29) is 29.4 Å². The van der Waals surface area contributed by atoms with E-state index in [1.165, 1.54) is 5.56 Å². The standard InChI is InChI=1S/C20H33N3O2.HI/c1-15(2)8-9-25-18-10-16(3)6-7-17(18)11-22-19(21-5)23-12-20(4)13-24-14-20;/h6-7,10,15H,8-9,11-14H2,1-5H3,(H2,21,22,23);1H. The Morgan fingerprint density at radius 1 is 1.31 bits per heavy atom. The Labute approximate surface area is 175 Å². The maximum atomic E-state index is 6.02. The second-order valence-corrected chi connectivity index (χ2v) is 7.72. The highest BCUT2D eigenvalue weighted by Crippen LogP contribution is 2.25. The van der Waals surface area contributed by atoms with E-state index in [0.717, 1.165) is 50.1 Å². The van der Waals surface area contributed by atoms with Crippen LogP contribution in [0.25, 0.3) is 0 Å². The lowest BCUT2D eigenvalue weighted by Gasteiger charge is -2.38. The summed E-state index contributed by atoms with van der Waals surface area (Å²) in [5.74, 6) is 2.41. The molecule has 1 aliphatic rings. The Hall–Kier alpha value is -1.02. The number of nitrogens with zero attached hydrogens (tertiary/aromatic N) is 1. The molecule has 1 aromatic rings. The van der Waals surface area contributed by atoms with Crippen LogP contribution in [0.15, 0.2) is 23.2 Å². The molecular formula is C20H34IN3O2. The van der Waals surface area contributed by atoms with Crippen LogP contribution in [0.2, 0.25) is 0 Å². The van der Waals surface area contributed by atoms with Crippen molar-refractivity contribution >= 4 is 29.9 Å². The first-order valence-electron chi connectivity index (χ1n) is 9.16. The fraction of sp³-hybridized carbons (Fsp3) is 0.650. The first-order valence-corrected chi connectivity index (χ1v) is 9.16. The number of rotatable bonds is 8. The zero-order chi connectivity index (χ0) is 18.3. The molecule has 0 amide bonds. The maximum absolute atomic E-state index is 6.02. The summed E-state index contributed by atoms with van der Waals surface area (Å²) in [6.45, 7) is 12.6. The molecule has 0 radical (unpaired) electrons. The van der Waals surface area contributed by atoms with E-state index in [4.69, 9.17) is 9.47 Å². The molecule has 0 saturated carbocycles. The molecule has 1 saturated heterocycles. The highest BCUT2D eigenvalue weighted by molar-refractivity contribution is 14.0. The number of benzene rings is 1. The van der Waals surface area contributed by atoms with Gasteiger partial charge in [0.1, 0.15) is 5.75 Å². The average molecular weight is 475 g/mol. The van der Waals surface area contributed by atoms with Crippen LogP contribution in [-0.4, -0.2) is 39.4 Å². The van der Waals surface area contributed by atoms with Gasteiger partial charge >= 0.3 is 0 Å². The summed E-state index contributed by atoms with van der Waals surface area (Å²) in [5, 5.41) is 6.77. The quantitative estimate of drug-likeness (QED) is 0.342. The van der Waals surface area contributed by atoms with Gasteiger partial charge in [0.05, 0.1) is 19.8 Å². The molecule has 0 spiro atoms. The minimum absolute atomic E-state index is 0. The molecule has 1 aliphatic heterocycles. The highest BCUT2D eigenvalue weighted by Gasteiger charge is 2.33. The van der Waals surface area contributed by atoms with Gasteiger partial charge < -0.3 is 20.1 Å². The minimum Gasteiger partial charge on any atom is -0.493 e.